The zero-order chi connectivity index (χ0) is 30.0. The van der Waals surface area contributed by atoms with E-state index in [1.807, 2.05) is 33.0 Å². The van der Waals surface area contributed by atoms with Gasteiger partial charge in [0.05, 0.1) is 23.6 Å². The lowest BCUT2D eigenvalue weighted by Crippen LogP contribution is -2.22. The van der Waals surface area contributed by atoms with Gasteiger partial charge < -0.3 is 10.2 Å². The second kappa shape index (κ2) is 11.5. The minimum Gasteiger partial charge on any atom is -0.374 e. The lowest BCUT2D eigenvalue weighted by Gasteiger charge is -2.22. The largest absolute Gasteiger partial charge is 0.416 e. The van der Waals surface area contributed by atoms with Gasteiger partial charge in [-0.2, -0.15) is 18.3 Å². The number of hydrogen-bond donors (Lipinski definition) is 1. The summed E-state index contributed by atoms with van der Waals surface area (Å²) in [6.07, 6.45) is 1.08. The smallest absolute Gasteiger partial charge is 0.374 e. The van der Waals surface area contributed by atoms with Crippen molar-refractivity contribution in [2.45, 2.75) is 26.4 Å². The first kappa shape index (κ1) is 28.5. The number of rotatable bonds is 8. The summed E-state index contributed by atoms with van der Waals surface area (Å²) in [5.74, 6) is -0.555. The molecule has 0 saturated heterocycles. The average Bonchev–Trinajstić information content (AvgIpc) is 3.58. The van der Waals surface area contributed by atoms with E-state index >= 15 is 0 Å². The van der Waals surface area contributed by atoms with Crippen LogP contribution < -0.4 is 10.2 Å². The minimum atomic E-state index is -4.59. The van der Waals surface area contributed by atoms with E-state index in [1.54, 1.807) is 64.2 Å². The summed E-state index contributed by atoms with van der Waals surface area (Å²) in [5, 5.41) is 15.4. The third kappa shape index (κ3) is 6.17. The van der Waals surface area contributed by atoms with Crippen molar-refractivity contribution in [2.24, 2.45) is 7.05 Å². The second-order valence-electron chi connectivity index (χ2n) is 10.0. The predicted molar refractivity (Wildman–Crippen MR) is 154 cm³/mol. The van der Waals surface area contributed by atoms with Crippen LogP contribution in [0.15, 0.2) is 73.2 Å². The Hall–Kier alpha value is -5.00. The predicted octanol–water partition coefficient (Wildman–Crippen LogP) is 5.63. The SMILES string of the molecule is Cc1ccc(C(=O)Nc2cc(N(C)CCc3ccccn3)cc(C(F)(F)F)c2)cc1-n1cc(-c2cnn(C)c2C)nn1. The Morgan fingerprint density at radius 1 is 1.07 bits per heavy atom. The molecule has 9 nitrogen and oxygen atoms in total. The van der Waals surface area contributed by atoms with Crippen LogP contribution in [0.4, 0.5) is 24.5 Å². The van der Waals surface area contributed by atoms with Crippen molar-refractivity contribution < 1.29 is 18.0 Å². The first-order valence-electron chi connectivity index (χ1n) is 13.2. The highest BCUT2D eigenvalue weighted by Crippen LogP contribution is 2.34. The van der Waals surface area contributed by atoms with Gasteiger partial charge in [-0.3, -0.25) is 14.5 Å². The molecule has 0 radical (unpaired) electrons. The Morgan fingerprint density at radius 2 is 1.88 bits per heavy atom. The number of nitrogens with one attached hydrogen (secondary N) is 1. The number of carbonyl (C=O) groups excluding carboxylic acids is 1. The van der Waals surface area contributed by atoms with Gasteiger partial charge in [0.1, 0.15) is 5.69 Å². The number of likely N-dealkylation sites (N-methyl/N-ethyl adjacent to an activating group) is 1. The van der Waals surface area contributed by atoms with Gasteiger partial charge in [-0.25, -0.2) is 4.68 Å². The number of alkyl halides is 3. The third-order valence-electron chi connectivity index (χ3n) is 7.10. The van der Waals surface area contributed by atoms with Crippen molar-refractivity contribution in [3.8, 4) is 16.9 Å². The average molecular weight is 575 g/mol. The first-order chi connectivity index (χ1) is 20.0. The number of pyridine rings is 1. The van der Waals surface area contributed by atoms with E-state index in [4.69, 9.17) is 0 Å². The Kier molecular flexibility index (Phi) is 7.79. The number of benzene rings is 2. The fraction of sp³-hybridized carbons (Fsp3) is 0.233. The first-order valence-corrected chi connectivity index (χ1v) is 13.2. The molecule has 0 fully saturated rings. The fourth-order valence-electron chi connectivity index (χ4n) is 4.48. The van der Waals surface area contributed by atoms with E-state index in [0.717, 1.165) is 34.6 Å². The van der Waals surface area contributed by atoms with Crippen molar-refractivity contribution in [3.63, 3.8) is 0 Å². The molecule has 2 aromatic carbocycles. The van der Waals surface area contributed by atoms with Crippen LogP contribution in [0.5, 0.6) is 0 Å². The van der Waals surface area contributed by atoms with E-state index in [9.17, 15) is 18.0 Å². The van der Waals surface area contributed by atoms with Crippen LogP contribution in [0.2, 0.25) is 0 Å². The molecular formula is C30H29F3N8O. The van der Waals surface area contributed by atoms with Gasteiger partial charge >= 0.3 is 6.18 Å². The molecule has 216 valence electrons. The summed E-state index contributed by atoms with van der Waals surface area (Å²) in [5.41, 5.74) is 4.42. The van der Waals surface area contributed by atoms with Crippen molar-refractivity contribution >= 4 is 17.3 Å². The summed E-state index contributed by atoms with van der Waals surface area (Å²) < 4.78 is 44.7. The standard InChI is InChI=1S/C30H29F3N8O/c1-19-8-9-21(13-28(19)41-18-27(37-38-41)26-17-35-40(4)20(26)2)29(42)36-24-14-22(30(31,32)33)15-25(16-24)39(3)12-10-23-7-5-6-11-34-23/h5-9,11,13-18H,10,12H2,1-4H3,(H,36,42). The quantitative estimate of drug-likeness (QED) is 0.258. The summed E-state index contributed by atoms with van der Waals surface area (Å²) in [4.78, 5) is 19.2. The molecule has 0 aliphatic carbocycles. The fourth-order valence-corrected chi connectivity index (χ4v) is 4.48. The summed E-state index contributed by atoms with van der Waals surface area (Å²) in [6.45, 7) is 4.23. The Morgan fingerprint density at radius 3 is 2.57 bits per heavy atom. The monoisotopic (exact) mass is 574 g/mol. The normalized spacial score (nSPS) is 11.5. The van der Waals surface area contributed by atoms with Gasteiger partial charge in [0, 0.05) is 67.1 Å². The lowest BCUT2D eigenvalue weighted by molar-refractivity contribution is -0.137. The molecule has 0 spiro atoms. The maximum absolute atomic E-state index is 13.8. The number of carbonyl (C=O) groups is 1. The maximum atomic E-state index is 13.8. The zero-order valence-corrected chi connectivity index (χ0v) is 23.5. The topological polar surface area (TPSA) is 93.8 Å². The third-order valence-corrected chi connectivity index (χ3v) is 7.10. The number of anilines is 2. The molecule has 0 atom stereocenters. The number of hydrogen-bond acceptors (Lipinski definition) is 6. The molecule has 1 amide bonds. The Balaban J connectivity index is 1.39. The van der Waals surface area contributed by atoms with Gasteiger partial charge in [0.25, 0.3) is 5.91 Å². The number of aromatic nitrogens is 6. The van der Waals surface area contributed by atoms with Crippen molar-refractivity contribution in [3.05, 3.63) is 101 Å². The highest BCUT2D eigenvalue weighted by atomic mass is 19.4. The van der Waals surface area contributed by atoms with Crippen LogP contribution in [-0.2, 0) is 19.6 Å². The molecule has 3 aromatic heterocycles. The van der Waals surface area contributed by atoms with Crippen LogP contribution in [0.1, 0.15) is 32.9 Å². The lowest BCUT2D eigenvalue weighted by atomic mass is 10.1. The molecule has 0 unspecified atom stereocenters. The highest BCUT2D eigenvalue weighted by molar-refractivity contribution is 6.05. The number of amides is 1. The summed E-state index contributed by atoms with van der Waals surface area (Å²) >= 11 is 0. The summed E-state index contributed by atoms with van der Waals surface area (Å²) in [7, 11) is 3.54. The second-order valence-corrected chi connectivity index (χ2v) is 10.0. The van der Waals surface area contributed by atoms with Gasteiger partial charge in [-0.1, -0.05) is 17.3 Å². The van der Waals surface area contributed by atoms with E-state index < -0.39 is 17.6 Å². The molecule has 0 bridgehead atoms. The van der Waals surface area contributed by atoms with E-state index in [0.29, 0.717) is 30.0 Å². The molecule has 42 heavy (non-hydrogen) atoms. The Labute approximate surface area is 240 Å². The molecular weight excluding hydrogens is 545 g/mol. The van der Waals surface area contributed by atoms with Crippen LogP contribution in [0, 0.1) is 13.8 Å². The van der Waals surface area contributed by atoms with Gasteiger partial charge in [-0.05, 0) is 61.9 Å². The van der Waals surface area contributed by atoms with Crippen LogP contribution in [0.25, 0.3) is 16.9 Å². The van der Waals surface area contributed by atoms with Crippen LogP contribution >= 0.6 is 0 Å². The van der Waals surface area contributed by atoms with Gasteiger partial charge in [0.15, 0.2) is 0 Å². The van der Waals surface area contributed by atoms with E-state index in [2.05, 4.69) is 25.7 Å². The molecule has 0 saturated carbocycles. The molecule has 3 heterocycles. The molecule has 0 aliphatic rings. The van der Waals surface area contributed by atoms with Gasteiger partial charge in [-0.15, -0.1) is 5.10 Å². The molecule has 1 N–H and O–H groups in total. The maximum Gasteiger partial charge on any atom is 0.416 e. The number of aryl methyl sites for hydroxylation is 2. The molecule has 5 rings (SSSR count). The van der Waals surface area contributed by atoms with E-state index in [-0.39, 0.29) is 11.3 Å². The molecule has 12 heteroatoms. The van der Waals surface area contributed by atoms with Crippen molar-refractivity contribution in [1.82, 2.24) is 29.8 Å². The highest BCUT2D eigenvalue weighted by Gasteiger charge is 2.32. The van der Waals surface area contributed by atoms with E-state index in [1.165, 1.54) is 6.07 Å². The zero-order valence-electron chi connectivity index (χ0n) is 23.5. The van der Waals surface area contributed by atoms with Crippen LogP contribution in [-0.4, -0.2) is 49.3 Å². The van der Waals surface area contributed by atoms with Crippen molar-refractivity contribution in [1.29, 1.82) is 0 Å². The summed E-state index contributed by atoms with van der Waals surface area (Å²) in [6, 6.07) is 14.1. The minimum absolute atomic E-state index is 0.0340. The number of nitrogens with zero attached hydrogens (tertiary/aromatic N) is 7. The van der Waals surface area contributed by atoms with Gasteiger partial charge in [0.2, 0.25) is 0 Å². The molecule has 5 aromatic rings. The Bertz CT molecular complexity index is 1730. The molecule has 0 aliphatic heterocycles. The van der Waals surface area contributed by atoms with Crippen molar-refractivity contribution in [2.75, 3.05) is 23.8 Å². The van der Waals surface area contributed by atoms with Crippen LogP contribution in [0.3, 0.4) is 0 Å². The number of halogens is 3.